The average Bonchev–Trinajstić information content (AvgIpc) is 2.25. The SMILES string of the molecule is CC(C)CC[C@H](O)[C@H](N)c1c(Cl)cccc1Cl. The maximum absolute atomic E-state index is 10.0. The largest absolute Gasteiger partial charge is 0.391 e. The molecule has 3 N–H and O–H groups in total. The van der Waals surface area contributed by atoms with Crippen molar-refractivity contribution in [3.8, 4) is 0 Å². The number of halogens is 2. The van der Waals surface area contributed by atoms with Gasteiger partial charge < -0.3 is 10.8 Å². The summed E-state index contributed by atoms with van der Waals surface area (Å²) < 4.78 is 0. The van der Waals surface area contributed by atoms with Crippen molar-refractivity contribution >= 4 is 23.2 Å². The standard InChI is InChI=1S/C13H19Cl2NO/c1-8(2)6-7-11(17)13(16)12-9(14)4-3-5-10(12)15/h3-5,8,11,13,17H,6-7,16H2,1-2H3/t11-,13-/m0/s1. The Morgan fingerprint density at radius 2 is 1.71 bits per heavy atom. The van der Waals surface area contributed by atoms with Crippen molar-refractivity contribution < 1.29 is 5.11 Å². The Kier molecular flexibility index (Phi) is 5.74. The molecule has 4 heteroatoms. The topological polar surface area (TPSA) is 46.2 Å². The van der Waals surface area contributed by atoms with Crippen LogP contribution in [0, 0.1) is 5.92 Å². The second kappa shape index (κ2) is 6.60. The summed E-state index contributed by atoms with van der Waals surface area (Å²) in [5.74, 6) is 0.540. The van der Waals surface area contributed by atoms with E-state index in [0.717, 1.165) is 6.42 Å². The second-order valence-electron chi connectivity index (χ2n) is 4.70. The highest BCUT2D eigenvalue weighted by atomic mass is 35.5. The van der Waals surface area contributed by atoms with Gasteiger partial charge in [-0.05, 0) is 30.9 Å². The first kappa shape index (κ1) is 14.8. The van der Waals surface area contributed by atoms with Gasteiger partial charge in [-0.1, -0.05) is 43.1 Å². The Balaban J connectivity index is 2.78. The number of benzene rings is 1. The monoisotopic (exact) mass is 275 g/mol. The Morgan fingerprint density at radius 3 is 2.18 bits per heavy atom. The fraction of sp³-hybridized carbons (Fsp3) is 0.538. The third-order valence-corrected chi connectivity index (χ3v) is 3.45. The lowest BCUT2D eigenvalue weighted by atomic mass is 9.96. The van der Waals surface area contributed by atoms with E-state index in [2.05, 4.69) is 13.8 Å². The van der Waals surface area contributed by atoms with Crippen molar-refractivity contribution in [2.24, 2.45) is 11.7 Å². The summed E-state index contributed by atoms with van der Waals surface area (Å²) in [6.45, 7) is 4.22. The van der Waals surface area contributed by atoms with E-state index >= 15 is 0 Å². The van der Waals surface area contributed by atoms with E-state index in [1.165, 1.54) is 0 Å². The quantitative estimate of drug-likeness (QED) is 0.859. The Bertz CT molecular complexity index is 348. The maximum atomic E-state index is 10.0. The van der Waals surface area contributed by atoms with Crippen LogP contribution in [0.2, 0.25) is 10.0 Å². The highest BCUT2D eigenvalue weighted by molar-refractivity contribution is 6.36. The van der Waals surface area contributed by atoms with Crippen LogP contribution in [0.3, 0.4) is 0 Å². The smallest absolute Gasteiger partial charge is 0.0734 e. The van der Waals surface area contributed by atoms with Gasteiger partial charge in [-0.25, -0.2) is 0 Å². The van der Waals surface area contributed by atoms with Crippen molar-refractivity contribution in [3.05, 3.63) is 33.8 Å². The fourth-order valence-electron chi connectivity index (χ4n) is 1.71. The summed E-state index contributed by atoms with van der Waals surface area (Å²) >= 11 is 12.1. The number of nitrogens with two attached hydrogens (primary N) is 1. The molecule has 0 aromatic heterocycles. The van der Waals surface area contributed by atoms with Gasteiger partial charge in [-0.3, -0.25) is 0 Å². The molecule has 0 radical (unpaired) electrons. The minimum absolute atomic E-state index is 0.508. The zero-order chi connectivity index (χ0) is 13.0. The first-order valence-electron chi connectivity index (χ1n) is 5.81. The Hall–Kier alpha value is -0.280. The first-order valence-corrected chi connectivity index (χ1v) is 6.56. The zero-order valence-corrected chi connectivity index (χ0v) is 11.7. The van der Waals surface area contributed by atoms with Gasteiger partial charge in [0.15, 0.2) is 0 Å². The second-order valence-corrected chi connectivity index (χ2v) is 5.51. The summed E-state index contributed by atoms with van der Waals surface area (Å²) in [5, 5.41) is 11.0. The molecule has 0 aliphatic heterocycles. The summed E-state index contributed by atoms with van der Waals surface area (Å²) in [7, 11) is 0. The first-order chi connectivity index (χ1) is 7.93. The van der Waals surface area contributed by atoms with E-state index in [4.69, 9.17) is 28.9 Å². The van der Waals surface area contributed by atoms with Crippen molar-refractivity contribution in [1.29, 1.82) is 0 Å². The molecule has 0 spiro atoms. The molecule has 0 saturated carbocycles. The van der Waals surface area contributed by atoms with Crippen molar-refractivity contribution in [1.82, 2.24) is 0 Å². The fourth-order valence-corrected chi connectivity index (χ4v) is 2.35. The van der Waals surface area contributed by atoms with Crippen LogP contribution in [0.25, 0.3) is 0 Å². The summed E-state index contributed by atoms with van der Waals surface area (Å²) in [5.41, 5.74) is 6.64. The van der Waals surface area contributed by atoms with Gasteiger partial charge >= 0.3 is 0 Å². The molecule has 17 heavy (non-hydrogen) atoms. The molecule has 0 bridgehead atoms. The molecule has 0 aliphatic rings. The minimum atomic E-state index is -0.616. The van der Waals surface area contributed by atoms with Crippen LogP contribution in [0.15, 0.2) is 18.2 Å². The molecule has 0 unspecified atom stereocenters. The molecule has 2 nitrogen and oxygen atoms in total. The summed E-state index contributed by atoms with van der Waals surface area (Å²) in [4.78, 5) is 0. The van der Waals surface area contributed by atoms with Crippen molar-refractivity contribution in [2.45, 2.75) is 38.8 Å². The zero-order valence-electron chi connectivity index (χ0n) is 10.2. The molecule has 1 aromatic carbocycles. The van der Waals surface area contributed by atoms with Crippen LogP contribution >= 0.6 is 23.2 Å². The van der Waals surface area contributed by atoms with Crippen molar-refractivity contribution in [3.63, 3.8) is 0 Å². The van der Waals surface area contributed by atoms with Crippen molar-refractivity contribution in [2.75, 3.05) is 0 Å². The number of rotatable bonds is 5. The van der Waals surface area contributed by atoms with Gasteiger partial charge in [0.25, 0.3) is 0 Å². The Labute approximate surface area is 113 Å². The summed E-state index contributed by atoms with van der Waals surface area (Å²) in [6.07, 6.45) is 0.965. The maximum Gasteiger partial charge on any atom is 0.0734 e. The third-order valence-electron chi connectivity index (χ3n) is 2.79. The minimum Gasteiger partial charge on any atom is -0.391 e. The van der Waals surface area contributed by atoms with E-state index in [9.17, 15) is 5.11 Å². The Morgan fingerprint density at radius 1 is 1.18 bits per heavy atom. The molecule has 2 atom stereocenters. The van der Waals surface area contributed by atoms with Crippen LogP contribution in [0.1, 0.15) is 38.3 Å². The van der Waals surface area contributed by atoms with E-state index in [0.29, 0.717) is 27.9 Å². The van der Waals surface area contributed by atoms with E-state index < -0.39 is 12.1 Å². The highest BCUT2D eigenvalue weighted by Gasteiger charge is 2.21. The average molecular weight is 276 g/mol. The molecule has 0 amide bonds. The van der Waals surface area contributed by atoms with Gasteiger partial charge in [-0.15, -0.1) is 0 Å². The molecule has 0 heterocycles. The van der Waals surface area contributed by atoms with Gasteiger partial charge in [0, 0.05) is 15.6 Å². The van der Waals surface area contributed by atoms with Crippen LogP contribution in [-0.2, 0) is 0 Å². The number of hydrogen-bond donors (Lipinski definition) is 2. The van der Waals surface area contributed by atoms with Gasteiger partial charge in [-0.2, -0.15) is 0 Å². The summed E-state index contributed by atoms with van der Waals surface area (Å²) in [6, 6.07) is 4.70. The lowest BCUT2D eigenvalue weighted by molar-refractivity contribution is 0.128. The van der Waals surface area contributed by atoms with Gasteiger partial charge in [0.2, 0.25) is 0 Å². The lowest BCUT2D eigenvalue weighted by Gasteiger charge is -2.22. The lowest BCUT2D eigenvalue weighted by Crippen LogP contribution is -2.27. The van der Waals surface area contributed by atoms with E-state index in [-0.39, 0.29) is 0 Å². The molecular formula is C13H19Cl2NO. The van der Waals surface area contributed by atoms with Gasteiger partial charge in [0.05, 0.1) is 12.1 Å². The molecule has 0 aliphatic carbocycles. The molecule has 1 rings (SSSR count). The third kappa shape index (κ3) is 4.14. The van der Waals surface area contributed by atoms with Crippen LogP contribution in [0.4, 0.5) is 0 Å². The normalized spacial score (nSPS) is 15.0. The van der Waals surface area contributed by atoms with Gasteiger partial charge in [0.1, 0.15) is 0 Å². The predicted molar refractivity (Wildman–Crippen MR) is 73.5 cm³/mol. The van der Waals surface area contributed by atoms with E-state index in [1.54, 1.807) is 18.2 Å². The number of aliphatic hydroxyl groups excluding tert-OH is 1. The molecular weight excluding hydrogens is 257 g/mol. The number of hydrogen-bond acceptors (Lipinski definition) is 2. The number of aliphatic hydroxyl groups is 1. The highest BCUT2D eigenvalue weighted by Crippen LogP contribution is 2.31. The molecule has 0 fully saturated rings. The molecule has 1 aromatic rings. The van der Waals surface area contributed by atoms with Crippen LogP contribution < -0.4 is 5.73 Å². The van der Waals surface area contributed by atoms with Crippen LogP contribution in [-0.4, -0.2) is 11.2 Å². The predicted octanol–water partition coefficient (Wildman–Crippen LogP) is 3.79. The van der Waals surface area contributed by atoms with E-state index in [1.807, 2.05) is 0 Å². The van der Waals surface area contributed by atoms with Crippen LogP contribution in [0.5, 0.6) is 0 Å². The molecule has 96 valence electrons. The molecule has 0 saturated heterocycles.